The molecule has 0 aromatic rings. The summed E-state index contributed by atoms with van der Waals surface area (Å²) in [5.74, 6) is 0.709. The van der Waals surface area contributed by atoms with Crippen molar-refractivity contribution in [3.05, 3.63) is 0 Å². The summed E-state index contributed by atoms with van der Waals surface area (Å²) in [7, 11) is 0. The summed E-state index contributed by atoms with van der Waals surface area (Å²) in [5.41, 5.74) is 0.215. The molecule has 1 N–H and O–H groups in total. The Morgan fingerprint density at radius 1 is 0.895 bits per heavy atom. The van der Waals surface area contributed by atoms with Crippen LogP contribution in [0, 0.1) is 5.92 Å². The van der Waals surface area contributed by atoms with Crippen molar-refractivity contribution >= 4 is 0 Å². The van der Waals surface area contributed by atoms with Crippen molar-refractivity contribution in [1.82, 2.24) is 15.1 Å². The number of hydrogen-bond donors (Lipinski definition) is 1. The first kappa shape index (κ1) is 16.9. The monoisotopic (exact) mass is 269 g/mol. The smallest absolute Gasteiger partial charge is 0.0244 e. The van der Waals surface area contributed by atoms with E-state index in [0.29, 0.717) is 18.0 Å². The van der Waals surface area contributed by atoms with E-state index in [1.807, 2.05) is 0 Å². The lowest BCUT2D eigenvalue weighted by Crippen LogP contribution is -2.57. The fourth-order valence-corrected chi connectivity index (χ4v) is 2.78. The van der Waals surface area contributed by atoms with Crippen LogP contribution in [0.15, 0.2) is 0 Å². The highest BCUT2D eigenvalue weighted by atomic mass is 15.3. The molecule has 0 aromatic carbocycles. The van der Waals surface area contributed by atoms with Gasteiger partial charge >= 0.3 is 0 Å². The second-order valence-corrected chi connectivity index (χ2v) is 7.61. The van der Waals surface area contributed by atoms with Gasteiger partial charge in [0.15, 0.2) is 0 Å². The van der Waals surface area contributed by atoms with E-state index >= 15 is 0 Å². The molecule has 0 amide bonds. The Morgan fingerprint density at radius 2 is 1.37 bits per heavy atom. The van der Waals surface area contributed by atoms with Gasteiger partial charge in [0.1, 0.15) is 0 Å². The number of piperazine rings is 1. The molecule has 1 fully saturated rings. The van der Waals surface area contributed by atoms with Gasteiger partial charge in [-0.3, -0.25) is 9.80 Å². The number of hydrogen-bond acceptors (Lipinski definition) is 3. The Morgan fingerprint density at radius 3 is 1.74 bits per heavy atom. The summed E-state index contributed by atoms with van der Waals surface area (Å²) in [6.45, 7) is 22.0. The quantitative estimate of drug-likeness (QED) is 0.827. The van der Waals surface area contributed by atoms with Gasteiger partial charge in [-0.2, -0.15) is 0 Å². The molecule has 1 atom stereocenters. The first-order chi connectivity index (χ1) is 8.70. The summed E-state index contributed by atoms with van der Waals surface area (Å²) < 4.78 is 0. The zero-order valence-electron chi connectivity index (χ0n) is 14.2. The SMILES string of the molecule is CC(C)C(CNC(C)(C)C)N1CCN(C(C)C)CC1. The van der Waals surface area contributed by atoms with Crippen LogP contribution in [-0.4, -0.2) is 60.1 Å². The van der Waals surface area contributed by atoms with Crippen LogP contribution < -0.4 is 5.32 Å². The number of nitrogens with zero attached hydrogens (tertiary/aromatic N) is 2. The maximum absolute atomic E-state index is 3.68. The van der Waals surface area contributed by atoms with E-state index in [-0.39, 0.29) is 5.54 Å². The second-order valence-electron chi connectivity index (χ2n) is 7.61. The standard InChI is InChI=1S/C16H35N3/c1-13(2)15(12-17-16(5,6)7)19-10-8-18(9-11-19)14(3)4/h13-15,17H,8-12H2,1-7H3. The minimum atomic E-state index is 0.215. The molecule has 0 aliphatic carbocycles. The van der Waals surface area contributed by atoms with E-state index in [2.05, 4.69) is 63.6 Å². The van der Waals surface area contributed by atoms with Gasteiger partial charge < -0.3 is 5.32 Å². The maximum Gasteiger partial charge on any atom is 0.0244 e. The number of rotatable bonds is 5. The van der Waals surface area contributed by atoms with Crippen molar-refractivity contribution in [2.45, 2.75) is 66.1 Å². The summed E-state index contributed by atoms with van der Waals surface area (Å²) in [4.78, 5) is 5.27. The van der Waals surface area contributed by atoms with Crippen molar-refractivity contribution in [3.63, 3.8) is 0 Å². The molecule has 1 rings (SSSR count). The summed E-state index contributed by atoms with van der Waals surface area (Å²) >= 11 is 0. The zero-order chi connectivity index (χ0) is 14.6. The lowest BCUT2D eigenvalue weighted by Gasteiger charge is -2.43. The molecule has 1 unspecified atom stereocenters. The van der Waals surface area contributed by atoms with Crippen molar-refractivity contribution in [2.24, 2.45) is 5.92 Å². The predicted molar refractivity (Wildman–Crippen MR) is 84.7 cm³/mol. The van der Waals surface area contributed by atoms with E-state index in [4.69, 9.17) is 0 Å². The van der Waals surface area contributed by atoms with Crippen molar-refractivity contribution in [2.75, 3.05) is 32.7 Å². The molecule has 3 nitrogen and oxygen atoms in total. The van der Waals surface area contributed by atoms with E-state index in [1.165, 1.54) is 26.2 Å². The van der Waals surface area contributed by atoms with Gasteiger partial charge in [0.25, 0.3) is 0 Å². The highest BCUT2D eigenvalue weighted by molar-refractivity contribution is 4.85. The Kier molecular flexibility index (Phi) is 6.28. The van der Waals surface area contributed by atoms with Crippen molar-refractivity contribution in [3.8, 4) is 0 Å². The molecule has 0 saturated carbocycles. The first-order valence-corrected chi connectivity index (χ1v) is 7.94. The highest BCUT2D eigenvalue weighted by Crippen LogP contribution is 2.15. The highest BCUT2D eigenvalue weighted by Gasteiger charge is 2.27. The van der Waals surface area contributed by atoms with Gasteiger partial charge in [-0.05, 0) is 40.5 Å². The van der Waals surface area contributed by atoms with Gasteiger partial charge in [0, 0.05) is 50.3 Å². The lowest BCUT2D eigenvalue weighted by molar-refractivity contribution is 0.0590. The fraction of sp³-hybridized carbons (Fsp3) is 1.00. The molecule has 19 heavy (non-hydrogen) atoms. The van der Waals surface area contributed by atoms with Crippen LogP contribution in [0.1, 0.15) is 48.5 Å². The van der Waals surface area contributed by atoms with Gasteiger partial charge in [-0.25, -0.2) is 0 Å². The topological polar surface area (TPSA) is 18.5 Å². The predicted octanol–water partition coefficient (Wildman–Crippen LogP) is 2.43. The molecule has 1 aliphatic heterocycles. The zero-order valence-corrected chi connectivity index (χ0v) is 14.2. The molecule has 0 bridgehead atoms. The molecular formula is C16H35N3. The third kappa shape index (κ3) is 5.80. The van der Waals surface area contributed by atoms with Gasteiger partial charge in [-0.1, -0.05) is 13.8 Å². The fourth-order valence-electron chi connectivity index (χ4n) is 2.78. The van der Waals surface area contributed by atoms with Gasteiger partial charge in [-0.15, -0.1) is 0 Å². The molecule has 114 valence electrons. The summed E-state index contributed by atoms with van der Waals surface area (Å²) in [6, 6.07) is 1.35. The van der Waals surface area contributed by atoms with Crippen LogP contribution in [0.25, 0.3) is 0 Å². The minimum Gasteiger partial charge on any atom is -0.311 e. The Bertz CT molecular complexity index is 247. The normalized spacial score (nSPS) is 21.3. The minimum absolute atomic E-state index is 0.215. The van der Waals surface area contributed by atoms with Crippen LogP contribution >= 0.6 is 0 Å². The third-order valence-electron chi connectivity index (χ3n) is 4.16. The first-order valence-electron chi connectivity index (χ1n) is 7.94. The Balaban J connectivity index is 2.50. The molecule has 0 aromatic heterocycles. The molecular weight excluding hydrogens is 234 g/mol. The summed E-state index contributed by atoms with van der Waals surface area (Å²) in [5, 5.41) is 3.68. The van der Waals surface area contributed by atoms with E-state index in [9.17, 15) is 0 Å². The Labute approximate surface area is 120 Å². The lowest BCUT2D eigenvalue weighted by atomic mass is 9.99. The van der Waals surface area contributed by atoms with Crippen LogP contribution in [0.3, 0.4) is 0 Å². The van der Waals surface area contributed by atoms with E-state index < -0.39 is 0 Å². The maximum atomic E-state index is 3.68. The van der Waals surface area contributed by atoms with E-state index in [0.717, 1.165) is 6.54 Å². The van der Waals surface area contributed by atoms with Crippen LogP contribution in [0.4, 0.5) is 0 Å². The molecule has 0 radical (unpaired) electrons. The van der Waals surface area contributed by atoms with Gasteiger partial charge in [0.2, 0.25) is 0 Å². The Hall–Kier alpha value is -0.120. The number of nitrogens with one attached hydrogen (secondary N) is 1. The van der Waals surface area contributed by atoms with Crippen LogP contribution in [0.5, 0.6) is 0 Å². The van der Waals surface area contributed by atoms with Crippen molar-refractivity contribution in [1.29, 1.82) is 0 Å². The van der Waals surface area contributed by atoms with Gasteiger partial charge in [0.05, 0.1) is 0 Å². The third-order valence-corrected chi connectivity index (χ3v) is 4.16. The van der Waals surface area contributed by atoms with Crippen molar-refractivity contribution < 1.29 is 0 Å². The molecule has 1 saturated heterocycles. The second kappa shape index (κ2) is 7.05. The molecule has 0 spiro atoms. The largest absolute Gasteiger partial charge is 0.311 e. The van der Waals surface area contributed by atoms with Crippen LogP contribution in [-0.2, 0) is 0 Å². The summed E-state index contributed by atoms with van der Waals surface area (Å²) in [6.07, 6.45) is 0. The van der Waals surface area contributed by atoms with Crippen LogP contribution in [0.2, 0.25) is 0 Å². The molecule has 3 heteroatoms. The molecule has 1 aliphatic rings. The average Bonchev–Trinajstić information content (AvgIpc) is 2.27. The molecule has 1 heterocycles. The van der Waals surface area contributed by atoms with E-state index in [1.54, 1.807) is 0 Å². The average molecular weight is 269 g/mol.